The smallest absolute Gasteiger partial charge is 0.0469 e. The molecule has 0 amide bonds. The molecule has 2 nitrogen and oxygen atoms in total. The predicted molar refractivity (Wildman–Crippen MR) is 38.3 cm³/mol. The van der Waals surface area contributed by atoms with E-state index in [0.29, 0.717) is 5.92 Å². The van der Waals surface area contributed by atoms with Crippen molar-refractivity contribution in [3.8, 4) is 0 Å². The normalized spacial score (nSPS) is 14.1. The summed E-state index contributed by atoms with van der Waals surface area (Å²) in [5, 5.41) is 8.42. The number of aliphatic hydroxyl groups excluding tert-OH is 1. The zero-order valence-corrected chi connectivity index (χ0v) is 6.47. The van der Waals surface area contributed by atoms with E-state index in [0.717, 1.165) is 6.54 Å². The zero-order chi connectivity index (χ0) is 5.70. The topological polar surface area (TPSA) is 32.3 Å². The highest BCUT2D eigenvalue weighted by Gasteiger charge is 1.94. The van der Waals surface area contributed by atoms with Crippen LogP contribution in [-0.4, -0.2) is 18.3 Å². The molecule has 1 atom stereocenters. The Balaban J connectivity index is 2.83. The second-order valence-electron chi connectivity index (χ2n) is 1.63. The van der Waals surface area contributed by atoms with Crippen molar-refractivity contribution in [3.63, 3.8) is 0 Å². The van der Waals surface area contributed by atoms with Gasteiger partial charge in [0, 0.05) is 36.0 Å². The van der Waals surface area contributed by atoms with Crippen LogP contribution < -0.4 is 3.53 Å². The number of hydrogen-bond donors (Lipinski definition) is 2. The molecule has 0 aliphatic carbocycles. The third kappa shape index (κ3) is 4.50. The van der Waals surface area contributed by atoms with E-state index in [1.54, 1.807) is 0 Å². The number of hydrogen-bond acceptors (Lipinski definition) is 2. The standard InChI is InChI=1S/C4H10INO/c1-4(3-7)2-6-5/h4,6-7H,2-3H2,1H3. The summed E-state index contributed by atoms with van der Waals surface area (Å²) in [6.07, 6.45) is 0. The second kappa shape index (κ2) is 4.80. The van der Waals surface area contributed by atoms with Gasteiger partial charge in [0.1, 0.15) is 0 Å². The molecule has 2 N–H and O–H groups in total. The molecule has 3 heteroatoms. The van der Waals surface area contributed by atoms with Gasteiger partial charge in [0.15, 0.2) is 0 Å². The minimum Gasteiger partial charge on any atom is -0.396 e. The maximum absolute atomic E-state index is 8.42. The molecule has 7 heavy (non-hydrogen) atoms. The van der Waals surface area contributed by atoms with Crippen molar-refractivity contribution in [3.05, 3.63) is 0 Å². The van der Waals surface area contributed by atoms with Gasteiger partial charge in [0.2, 0.25) is 0 Å². The molecule has 0 aliphatic rings. The van der Waals surface area contributed by atoms with E-state index in [-0.39, 0.29) is 6.61 Å². The van der Waals surface area contributed by atoms with Crippen molar-refractivity contribution < 1.29 is 5.11 Å². The van der Waals surface area contributed by atoms with Crippen LogP contribution in [0.2, 0.25) is 0 Å². The fourth-order valence-electron chi connectivity index (χ4n) is 0.196. The largest absolute Gasteiger partial charge is 0.396 e. The maximum Gasteiger partial charge on any atom is 0.0469 e. The van der Waals surface area contributed by atoms with E-state index in [1.807, 2.05) is 6.92 Å². The van der Waals surface area contributed by atoms with Crippen LogP contribution in [0.5, 0.6) is 0 Å². The molecule has 0 radical (unpaired) electrons. The highest BCUT2D eigenvalue weighted by atomic mass is 127. The minimum absolute atomic E-state index is 0.274. The quantitative estimate of drug-likeness (QED) is 0.532. The van der Waals surface area contributed by atoms with Crippen LogP contribution in [0.15, 0.2) is 0 Å². The van der Waals surface area contributed by atoms with Crippen molar-refractivity contribution in [2.75, 3.05) is 13.2 Å². The van der Waals surface area contributed by atoms with Gasteiger partial charge in [-0.05, 0) is 5.92 Å². The fourth-order valence-corrected chi connectivity index (χ4v) is 0.948. The molecule has 1 unspecified atom stereocenters. The highest BCUT2D eigenvalue weighted by molar-refractivity contribution is 14.1. The van der Waals surface area contributed by atoms with Crippen molar-refractivity contribution in [1.82, 2.24) is 3.53 Å². The van der Waals surface area contributed by atoms with Crippen LogP contribution in [0, 0.1) is 5.92 Å². The summed E-state index contributed by atoms with van der Waals surface area (Å²) in [5.41, 5.74) is 0. The lowest BCUT2D eigenvalue weighted by atomic mass is 10.2. The van der Waals surface area contributed by atoms with Gasteiger partial charge in [-0.3, -0.25) is 3.53 Å². The number of rotatable bonds is 3. The van der Waals surface area contributed by atoms with Crippen LogP contribution >= 0.6 is 22.9 Å². The van der Waals surface area contributed by atoms with E-state index < -0.39 is 0 Å². The van der Waals surface area contributed by atoms with Gasteiger partial charge in [-0.15, -0.1) is 0 Å². The molecule has 0 aliphatic heterocycles. The Morgan fingerprint density at radius 2 is 2.43 bits per heavy atom. The summed E-state index contributed by atoms with van der Waals surface area (Å²) in [5.74, 6) is 0.386. The summed E-state index contributed by atoms with van der Waals surface area (Å²) >= 11 is 2.06. The van der Waals surface area contributed by atoms with E-state index in [4.69, 9.17) is 5.11 Å². The fraction of sp³-hybridized carbons (Fsp3) is 1.00. The Hall–Kier alpha value is 0.650. The van der Waals surface area contributed by atoms with Gasteiger partial charge in [0.25, 0.3) is 0 Å². The SMILES string of the molecule is CC(CO)CNI. The molecule has 0 aromatic carbocycles. The lowest BCUT2D eigenvalue weighted by molar-refractivity contribution is 0.240. The molecule has 0 aromatic rings. The van der Waals surface area contributed by atoms with Crippen LogP contribution in [0.1, 0.15) is 6.92 Å². The first kappa shape index (κ1) is 7.65. The monoisotopic (exact) mass is 215 g/mol. The predicted octanol–water partition coefficient (Wildman–Crippen LogP) is 0.554. The Labute approximate surface area is 57.8 Å². The van der Waals surface area contributed by atoms with Gasteiger partial charge in [0.05, 0.1) is 0 Å². The Morgan fingerprint density at radius 3 is 2.57 bits per heavy atom. The number of nitrogens with one attached hydrogen (secondary N) is 1. The van der Waals surface area contributed by atoms with E-state index >= 15 is 0 Å². The molecular weight excluding hydrogens is 205 g/mol. The van der Waals surface area contributed by atoms with Crippen molar-refractivity contribution in [1.29, 1.82) is 0 Å². The summed E-state index contributed by atoms with van der Waals surface area (Å²) < 4.78 is 2.93. The van der Waals surface area contributed by atoms with Crippen molar-refractivity contribution >= 4 is 22.9 Å². The molecule has 0 aromatic heterocycles. The average molecular weight is 215 g/mol. The molecule has 0 spiro atoms. The summed E-state index contributed by atoms with van der Waals surface area (Å²) in [7, 11) is 0. The minimum atomic E-state index is 0.274. The highest BCUT2D eigenvalue weighted by Crippen LogP contribution is 1.88. The first-order valence-electron chi connectivity index (χ1n) is 2.25. The van der Waals surface area contributed by atoms with Crippen LogP contribution in [0.4, 0.5) is 0 Å². The second-order valence-corrected chi connectivity index (χ2v) is 2.39. The van der Waals surface area contributed by atoms with Crippen LogP contribution in [0.3, 0.4) is 0 Å². The lowest BCUT2D eigenvalue weighted by Gasteiger charge is -2.02. The molecular formula is C4H10INO. The van der Waals surface area contributed by atoms with Crippen molar-refractivity contribution in [2.24, 2.45) is 5.92 Å². The van der Waals surface area contributed by atoms with Crippen LogP contribution in [0.25, 0.3) is 0 Å². The number of halogens is 1. The van der Waals surface area contributed by atoms with Crippen LogP contribution in [-0.2, 0) is 0 Å². The molecule has 0 heterocycles. The maximum atomic E-state index is 8.42. The Kier molecular flexibility index (Phi) is 5.25. The molecule has 0 fully saturated rings. The number of aliphatic hydroxyl groups is 1. The molecule has 0 saturated heterocycles. The molecule has 44 valence electrons. The lowest BCUT2D eigenvalue weighted by Crippen LogP contribution is -2.14. The Morgan fingerprint density at radius 1 is 1.86 bits per heavy atom. The summed E-state index contributed by atoms with van der Waals surface area (Å²) in [6.45, 7) is 3.15. The van der Waals surface area contributed by atoms with E-state index in [9.17, 15) is 0 Å². The summed E-state index contributed by atoms with van der Waals surface area (Å²) in [4.78, 5) is 0. The summed E-state index contributed by atoms with van der Waals surface area (Å²) in [6, 6.07) is 0. The Bertz CT molecular complexity index is 42.7. The molecule has 0 saturated carbocycles. The third-order valence-electron chi connectivity index (χ3n) is 0.737. The van der Waals surface area contributed by atoms with E-state index in [2.05, 4.69) is 26.4 Å². The van der Waals surface area contributed by atoms with Gasteiger partial charge in [-0.25, -0.2) is 0 Å². The van der Waals surface area contributed by atoms with E-state index in [1.165, 1.54) is 0 Å². The van der Waals surface area contributed by atoms with Gasteiger partial charge in [-0.2, -0.15) is 0 Å². The average Bonchev–Trinajstić information content (AvgIpc) is 1.68. The first-order chi connectivity index (χ1) is 3.31. The van der Waals surface area contributed by atoms with Gasteiger partial charge < -0.3 is 5.11 Å². The zero-order valence-electron chi connectivity index (χ0n) is 4.32. The van der Waals surface area contributed by atoms with Gasteiger partial charge >= 0.3 is 0 Å². The molecule has 0 rings (SSSR count). The third-order valence-corrected chi connectivity index (χ3v) is 1.18. The van der Waals surface area contributed by atoms with Crippen molar-refractivity contribution in [2.45, 2.75) is 6.92 Å². The van der Waals surface area contributed by atoms with Gasteiger partial charge in [-0.1, -0.05) is 6.92 Å². The molecule has 0 bridgehead atoms. The first-order valence-corrected chi connectivity index (χ1v) is 3.33.